The molecule has 3 amide bonds. The Labute approximate surface area is 135 Å². The van der Waals surface area contributed by atoms with Gasteiger partial charge in [0.25, 0.3) is 0 Å². The van der Waals surface area contributed by atoms with Gasteiger partial charge in [-0.2, -0.15) is 0 Å². The highest BCUT2D eigenvalue weighted by Gasteiger charge is 2.19. The van der Waals surface area contributed by atoms with E-state index in [4.69, 9.17) is 10.5 Å². The highest BCUT2D eigenvalue weighted by molar-refractivity contribution is 5.88. The molecule has 0 aliphatic heterocycles. The Morgan fingerprint density at radius 2 is 1.83 bits per heavy atom. The van der Waals surface area contributed by atoms with Crippen molar-refractivity contribution >= 4 is 17.9 Å². The number of carbonyl (C=O) groups excluding carboxylic acids is 3. The minimum atomic E-state index is -0.746. The van der Waals surface area contributed by atoms with E-state index >= 15 is 0 Å². The molecule has 126 valence electrons. The average molecular weight is 321 g/mol. The highest BCUT2D eigenvalue weighted by atomic mass is 16.5. The van der Waals surface area contributed by atoms with Gasteiger partial charge in [0.05, 0.1) is 0 Å². The summed E-state index contributed by atoms with van der Waals surface area (Å²) in [7, 11) is 0. The lowest BCUT2D eigenvalue weighted by Gasteiger charge is -2.17. The number of carbonyl (C=O) groups is 3. The molecule has 0 saturated carbocycles. The summed E-state index contributed by atoms with van der Waals surface area (Å²) < 4.78 is 4.97. The molecule has 0 radical (unpaired) electrons. The standard InChI is InChI=1S/C16H23N3O4/c1-11(2)8-13(15(17)21)19-14(20)9-18-16(22)23-10-12-6-4-3-5-7-12/h3-7,11,13H,8-10H2,1-2H3,(H2,17,21)(H,18,22)(H,19,20)/t13-/m1/s1. The zero-order valence-electron chi connectivity index (χ0n) is 13.4. The smallest absolute Gasteiger partial charge is 0.407 e. The number of benzene rings is 1. The van der Waals surface area contributed by atoms with Crippen molar-refractivity contribution in [2.24, 2.45) is 11.7 Å². The maximum atomic E-state index is 11.7. The zero-order chi connectivity index (χ0) is 17.2. The molecule has 23 heavy (non-hydrogen) atoms. The van der Waals surface area contributed by atoms with E-state index in [0.29, 0.717) is 6.42 Å². The molecule has 0 aromatic heterocycles. The molecular weight excluding hydrogens is 298 g/mol. The maximum Gasteiger partial charge on any atom is 0.407 e. The number of nitrogens with two attached hydrogens (primary N) is 1. The van der Waals surface area contributed by atoms with Crippen molar-refractivity contribution in [2.75, 3.05) is 6.54 Å². The van der Waals surface area contributed by atoms with E-state index in [9.17, 15) is 14.4 Å². The number of hydrogen-bond donors (Lipinski definition) is 3. The summed E-state index contributed by atoms with van der Waals surface area (Å²) in [6.45, 7) is 3.67. The van der Waals surface area contributed by atoms with E-state index in [1.54, 1.807) is 0 Å². The van der Waals surface area contributed by atoms with Crippen molar-refractivity contribution in [2.45, 2.75) is 32.9 Å². The first-order chi connectivity index (χ1) is 10.9. The van der Waals surface area contributed by atoms with Gasteiger partial charge in [-0.3, -0.25) is 9.59 Å². The van der Waals surface area contributed by atoms with E-state index in [1.165, 1.54) is 0 Å². The number of amides is 3. The SMILES string of the molecule is CC(C)C[C@@H](NC(=O)CNC(=O)OCc1ccccc1)C(N)=O. The van der Waals surface area contributed by atoms with Crippen LogP contribution < -0.4 is 16.4 Å². The molecular formula is C16H23N3O4. The highest BCUT2D eigenvalue weighted by Crippen LogP contribution is 2.04. The number of nitrogens with one attached hydrogen (secondary N) is 2. The fourth-order valence-corrected chi connectivity index (χ4v) is 1.89. The summed E-state index contributed by atoms with van der Waals surface area (Å²) in [5, 5.41) is 4.82. The number of alkyl carbamates (subject to hydrolysis) is 1. The molecule has 0 saturated heterocycles. The molecule has 1 rings (SSSR count). The second-order valence-corrected chi connectivity index (χ2v) is 5.57. The normalized spacial score (nSPS) is 11.6. The first-order valence-corrected chi connectivity index (χ1v) is 7.41. The summed E-state index contributed by atoms with van der Waals surface area (Å²) in [5.41, 5.74) is 6.08. The monoisotopic (exact) mass is 321 g/mol. The van der Waals surface area contributed by atoms with Gasteiger partial charge in [-0.15, -0.1) is 0 Å². The van der Waals surface area contributed by atoms with Gasteiger partial charge in [0.1, 0.15) is 19.2 Å². The van der Waals surface area contributed by atoms with Gasteiger partial charge < -0.3 is 21.1 Å². The Kier molecular flexibility index (Phi) is 7.59. The van der Waals surface area contributed by atoms with E-state index in [2.05, 4.69) is 10.6 Å². The molecule has 7 nitrogen and oxygen atoms in total. The number of rotatable bonds is 8. The first-order valence-electron chi connectivity index (χ1n) is 7.41. The molecule has 1 atom stereocenters. The summed E-state index contributed by atoms with van der Waals surface area (Å²) in [6.07, 6.45) is -0.261. The van der Waals surface area contributed by atoms with E-state index in [1.807, 2.05) is 44.2 Å². The topological polar surface area (TPSA) is 111 Å². The van der Waals surface area contributed by atoms with Crippen molar-refractivity contribution in [3.63, 3.8) is 0 Å². The van der Waals surface area contributed by atoms with Crippen LogP contribution in [0.3, 0.4) is 0 Å². The summed E-state index contributed by atoms with van der Waals surface area (Å²) in [6, 6.07) is 8.43. The van der Waals surface area contributed by atoms with Crippen LogP contribution >= 0.6 is 0 Å². The molecule has 0 spiro atoms. The van der Waals surface area contributed by atoms with Gasteiger partial charge in [0, 0.05) is 0 Å². The minimum Gasteiger partial charge on any atom is -0.445 e. The van der Waals surface area contributed by atoms with Crippen LogP contribution in [0, 0.1) is 5.92 Å². The van der Waals surface area contributed by atoms with Gasteiger partial charge >= 0.3 is 6.09 Å². The molecule has 0 unspecified atom stereocenters. The molecule has 0 fully saturated rings. The Morgan fingerprint density at radius 3 is 2.39 bits per heavy atom. The number of primary amides is 1. The number of hydrogen-bond acceptors (Lipinski definition) is 4. The molecule has 0 bridgehead atoms. The van der Waals surface area contributed by atoms with E-state index in [0.717, 1.165) is 5.56 Å². The molecule has 4 N–H and O–H groups in total. The largest absolute Gasteiger partial charge is 0.445 e. The second kappa shape index (κ2) is 9.45. The van der Waals surface area contributed by atoms with E-state index in [-0.39, 0.29) is 19.1 Å². The van der Waals surface area contributed by atoms with Gasteiger partial charge in [0.2, 0.25) is 11.8 Å². The predicted molar refractivity (Wildman–Crippen MR) is 85.2 cm³/mol. The summed E-state index contributed by atoms with van der Waals surface area (Å²) in [4.78, 5) is 34.5. The molecule has 0 heterocycles. The molecule has 1 aromatic rings. The van der Waals surface area contributed by atoms with Crippen LogP contribution in [0.25, 0.3) is 0 Å². The Balaban J connectivity index is 2.31. The Hall–Kier alpha value is -2.57. The lowest BCUT2D eigenvalue weighted by molar-refractivity contribution is -0.127. The second-order valence-electron chi connectivity index (χ2n) is 5.57. The first kappa shape index (κ1) is 18.5. The molecule has 1 aromatic carbocycles. The molecule has 7 heteroatoms. The van der Waals surface area contributed by atoms with Crippen LogP contribution in [0.2, 0.25) is 0 Å². The van der Waals surface area contributed by atoms with Crippen LogP contribution in [0.4, 0.5) is 4.79 Å². The Bertz CT molecular complexity index is 531. The van der Waals surface area contributed by atoms with Crippen molar-refractivity contribution in [1.29, 1.82) is 0 Å². The lowest BCUT2D eigenvalue weighted by atomic mass is 10.0. The fraction of sp³-hybridized carbons (Fsp3) is 0.438. The van der Waals surface area contributed by atoms with Crippen molar-refractivity contribution in [1.82, 2.24) is 10.6 Å². The van der Waals surface area contributed by atoms with Crippen LogP contribution in [0.5, 0.6) is 0 Å². The third-order valence-electron chi connectivity index (χ3n) is 2.99. The van der Waals surface area contributed by atoms with Gasteiger partial charge in [-0.05, 0) is 17.9 Å². The quantitative estimate of drug-likeness (QED) is 0.661. The van der Waals surface area contributed by atoms with Crippen LogP contribution in [0.15, 0.2) is 30.3 Å². The molecule has 0 aliphatic rings. The van der Waals surface area contributed by atoms with Crippen molar-refractivity contribution in [3.05, 3.63) is 35.9 Å². The maximum absolute atomic E-state index is 11.7. The minimum absolute atomic E-state index is 0.117. The van der Waals surface area contributed by atoms with Crippen LogP contribution in [0.1, 0.15) is 25.8 Å². The van der Waals surface area contributed by atoms with Crippen molar-refractivity contribution in [3.8, 4) is 0 Å². The number of ether oxygens (including phenoxy) is 1. The Morgan fingerprint density at radius 1 is 1.17 bits per heavy atom. The van der Waals surface area contributed by atoms with Gasteiger partial charge in [-0.25, -0.2) is 4.79 Å². The fourth-order valence-electron chi connectivity index (χ4n) is 1.89. The van der Waals surface area contributed by atoms with Gasteiger partial charge in [0.15, 0.2) is 0 Å². The summed E-state index contributed by atoms with van der Waals surface area (Å²) >= 11 is 0. The average Bonchev–Trinajstić information content (AvgIpc) is 2.50. The summed E-state index contributed by atoms with van der Waals surface area (Å²) in [5.74, 6) is -0.888. The lowest BCUT2D eigenvalue weighted by Crippen LogP contribution is -2.48. The van der Waals surface area contributed by atoms with Crippen LogP contribution in [-0.4, -0.2) is 30.5 Å². The third kappa shape index (κ3) is 7.85. The van der Waals surface area contributed by atoms with Crippen LogP contribution in [-0.2, 0) is 20.9 Å². The third-order valence-corrected chi connectivity index (χ3v) is 2.99. The zero-order valence-corrected chi connectivity index (χ0v) is 13.4. The predicted octanol–water partition coefficient (Wildman–Crippen LogP) is 0.929. The molecule has 0 aliphatic carbocycles. The van der Waals surface area contributed by atoms with Gasteiger partial charge in [-0.1, -0.05) is 44.2 Å². The van der Waals surface area contributed by atoms with E-state index < -0.39 is 23.9 Å². The van der Waals surface area contributed by atoms with Crippen molar-refractivity contribution < 1.29 is 19.1 Å².